The van der Waals surface area contributed by atoms with E-state index >= 15 is 0 Å². The molecular weight excluding hydrogens is 444 g/mol. The Morgan fingerprint density at radius 2 is 1.97 bits per heavy atom. The van der Waals surface area contributed by atoms with Crippen molar-refractivity contribution < 1.29 is 9.72 Å². The Labute approximate surface area is 194 Å². The molecule has 0 aliphatic carbocycles. The lowest BCUT2D eigenvalue weighted by molar-refractivity contribution is -0.384. The van der Waals surface area contributed by atoms with E-state index in [2.05, 4.69) is 15.5 Å². The summed E-state index contributed by atoms with van der Waals surface area (Å²) < 4.78 is 0. The molecule has 4 rings (SSSR count). The summed E-state index contributed by atoms with van der Waals surface area (Å²) in [6.45, 7) is 1.20. The first-order valence-corrected chi connectivity index (χ1v) is 10.7. The first-order valence-electron chi connectivity index (χ1n) is 10.3. The van der Waals surface area contributed by atoms with E-state index in [1.165, 1.54) is 12.1 Å². The minimum absolute atomic E-state index is 0.0499. The van der Waals surface area contributed by atoms with Crippen molar-refractivity contribution in [3.05, 3.63) is 75.3 Å². The Morgan fingerprint density at radius 1 is 1.18 bits per heavy atom. The Balaban J connectivity index is 1.44. The zero-order valence-corrected chi connectivity index (χ0v) is 18.2. The van der Waals surface area contributed by atoms with Gasteiger partial charge in [-0.15, -0.1) is 10.2 Å². The Kier molecular flexibility index (Phi) is 6.47. The normalized spacial score (nSPS) is 15.5. The highest BCUT2D eigenvalue weighted by Gasteiger charge is 2.27. The number of aromatic nitrogens is 2. The van der Waals surface area contributed by atoms with Gasteiger partial charge in [0.25, 0.3) is 5.69 Å². The number of hydrogen-bond acceptors (Lipinski definition) is 7. The molecular formula is C23H19ClN6O3. The maximum Gasteiger partial charge on any atom is 0.270 e. The van der Waals surface area contributed by atoms with Gasteiger partial charge in [0.1, 0.15) is 6.07 Å². The molecule has 10 heteroatoms. The van der Waals surface area contributed by atoms with Crippen molar-refractivity contribution in [2.45, 2.75) is 12.8 Å². The number of carbonyl (C=O) groups excluding carboxylic acids is 1. The predicted molar refractivity (Wildman–Crippen MR) is 124 cm³/mol. The number of non-ortho nitro benzene ring substituents is 1. The minimum atomic E-state index is -0.579. The smallest absolute Gasteiger partial charge is 0.270 e. The van der Waals surface area contributed by atoms with E-state index in [0.717, 1.165) is 30.3 Å². The van der Waals surface area contributed by atoms with Crippen molar-refractivity contribution in [2.24, 2.45) is 5.92 Å². The molecule has 1 aliphatic rings. The fourth-order valence-corrected chi connectivity index (χ4v) is 3.88. The number of benzene rings is 2. The lowest BCUT2D eigenvalue weighted by Gasteiger charge is -2.32. The van der Waals surface area contributed by atoms with Crippen molar-refractivity contribution in [1.82, 2.24) is 10.2 Å². The van der Waals surface area contributed by atoms with Crippen molar-refractivity contribution in [2.75, 3.05) is 23.3 Å². The molecule has 2 aromatic carbocycles. The zero-order chi connectivity index (χ0) is 23.4. The molecule has 0 saturated carbocycles. The second-order valence-corrected chi connectivity index (χ2v) is 8.09. The molecule has 2 heterocycles. The number of nitro benzene ring substituents is 1. The third-order valence-electron chi connectivity index (χ3n) is 5.50. The van der Waals surface area contributed by atoms with E-state index in [-0.39, 0.29) is 28.8 Å². The van der Waals surface area contributed by atoms with Gasteiger partial charge in [-0.05, 0) is 43.2 Å². The molecule has 1 amide bonds. The maximum atomic E-state index is 12.9. The standard InChI is InChI=1S/C23H19ClN6O3/c24-18-5-3-15(4-6-18)21-9-10-22(28-27-21)29-11-1-2-16(14-29)23(31)26-20-8-7-19(30(32)33)12-17(20)13-25/h3-10,12,16H,1-2,11,14H2,(H,26,31). The Morgan fingerprint density at radius 3 is 2.64 bits per heavy atom. The molecule has 0 spiro atoms. The van der Waals surface area contributed by atoms with Crippen molar-refractivity contribution in [3.8, 4) is 17.3 Å². The van der Waals surface area contributed by atoms with Crippen LogP contribution in [0.25, 0.3) is 11.3 Å². The van der Waals surface area contributed by atoms with Crippen LogP contribution in [0, 0.1) is 27.4 Å². The summed E-state index contributed by atoms with van der Waals surface area (Å²) in [6, 6.07) is 16.8. The molecule has 1 aliphatic heterocycles. The van der Waals surface area contributed by atoms with Crippen LogP contribution < -0.4 is 10.2 Å². The second-order valence-electron chi connectivity index (χ2n) is 7.66. The molecule has 1 fully saturated rings. The number of amides is 1. The first-order chi connectivity index (χ1) is 15.9. The third kappa shape index (κ3) is 5.07. The predicted octanol–water partition coefficient (Wildman–Crippen LogP) is 4.43. The average molecular weight is 463 g/mol. The van der Waals surface area contributed by atoms with Gasteiger partial charge < -0.3 is 10.2 Å². The van der Waals surface area contributed by atoms with Crippen molar-refractivity contribution >= 4 is 34.7 Å². The molecule has 1 saturated heterocycles. The molecule has 1 N–H and O–H groups in total. The van der Waals surface area contributed by atoms with E-state index in [1.54, 1.807) is 12.1 Å². The number of nitro groups is 1. The fraction of sp³-hybridized carbons (Fsp3) is 0.217. The SMILES string of the molecule is N#Cc1cc([N+](=O)[O-])ccc1NC(=O)C1CCCN(c2ccc(-c3ccc(Cl)cc3)nn2)C1. The van der Waals surface area contributed by atoms with Crippen LogP contribution in [0.5, 0.6) is 0 Å². The quantitative estimate of drug-likeness (QED) is 0.439. The molecule has 0 radical (unpaired) electrons. The Bertz CT molecular complexity index is 1220. The van der Waals surface area contributed by atoms with Crippen LogP contribution in [0.15, 0.2) is 54.6 Å². The van der Waals surface area contributed by atoms with Gasteiger partial charge in [-0.3, -0.25) is 14.9 Å². The third-order valence-corrected chi connectivity index (χ3v) is 5.75. The van der Waals surface area contributed by atoms with Gasteiger partial charge in [0.15, 0.2) is 5.82 Å². The number of nitriles is 1. The highest BCUT2D eigenvalue weighted by molar-refractivity contribution is 6.30. The van der Waals surface area contributed by atoms with Gasteiger partial charge >= 0.3 is 0 Å². The number of anilines is 2. The van der Waals surface area contributed by atoms with Crippen LogP contribution in [0.1, 0.15) is 18.4 Å². The van der Waals surface area contributed by atoms with Crippen molar-refractivity contribution in [1.29, 1.82) is 5.26 Å². The van der Waals surface area contributed by atoms with E-state index < -0.39 is 4.92 Å². The van der Waals surface area contributed by atoms with Gasteiger partial charge in [0, 0.05) is 35.8 Å². The highest BCUT2D eigenvalue weighted by atomic mass is 35.5. The van der Waals surface area contributed by atoms with Gasteiger partial charge in [-0.2, -0.15) is 5.26 Å². The molecule has 33 heavy (non-hydrogen) atoms. The number of nitrogens with one attached hydrogen (secondary N) is 1. The first kappa shape index (κ1) is 22.2. The lowest BCUT2D eigenvalue weighted by atomic mass is 9.96. The van der Waals surface area contributed by atoms with Gasteiger partial charge in [0.2, 0.25) is 5.91 Å². The fourth-order valence-electron chi connectivity index (χ4n) is 3.75. The molecule has 166 valence electrons. The summed E-state index contributed by atoms with van der Waals surface area (Å²) in [7, 11) is 0. The summed E-state index contributed by atoms with van der Waals surface area (Å²) in [4.78, 5) is 25.2. The van der Waals surface area contributed by atoms with E-state index in [1.807, 2.05) is 35.2 Å². The van der Waals surface area contributed by atoms with E-state index in [0.29, 0.717) is 23.8 Å². The van der Waals surface area contributed by atoms with Gasteiger partial charge in [0.05, 0.1) is 27.8 Å². The summed E-state index contributed by atoms with van der Waals surface area (Å²) >= 11 is 5.93. The molecule has 1 aromatic heterocycles. The average Bonchev–Trinajstić information content (AvgIpc) is 2.85. The number of halogens is 1. The largest absolute Gasteiger partial charge is 0.354 e. The summed E-state index contributed by atoms with van der Waals surface area (Å²) in [6.07, 6.45) is 1.48. The molecule has 1 atom stereocenters. The number of hydrogen-bond donors (Lipinski definition) is 1. The van der Waals surface area contributed by atoms with Crippen LogP contribution in [0.3, 0.4) is 0 Å². The zero-order valence-electron chi connectivity index (χ0n) is 17.4. The topological polar surface area (TPSA) is 125 Å². The summed E-state index contributed by atoms with van der Waals surface area (Å²) in [5, 5.41) is 32.3. The van der Waals surface area contributed by atoms with Crippen LogP contribution in [0.2, 0.25) is 5.02 Å². The lowest BCUT2D eigenvalue weighted by Crippen LogP contribution is -2.41. The maximum absolute atomic E-state index is 12.9. The van der Waals surface area contributed by atoms with Crippen LogP contribution >= 0.6 is 11.6 Å². The van der Waals surface area contributed by atoms with E-state index in [9.17, 15) is 20.2 Å². The second kappa shape index (κ2) is 9.63. The van der Waals surface area contributed by atoms with Gasteiger partial charge in [-0.1, -0.05) is 23.7 Å². The van der Waals surface area contributed by atoms with E-state index in [4.69, 9.17) is 11.6 Å². The number of carbonyl (C=O) groups is 1. The minimum Gasteiger partial charge on any atom is -0.354 e. The van der Waals surface area contributed by atoms with Crippen LogP contribution in [0.4, 0.5) is 17.2 Å². The summed E-state index contributed by atoms with van der Waals surface area (Å²) in [5.41, 5.74) is 1.75. The number of rotatable bonds is 5. The van der Waals surface area contributed by atoms with Gasteiger partial charge in [-0.25, -0.2) is 0 Å². The number of piperidine rings is 1. The number of nitrogens with zero attached hydrogens (tertiary/aromatic N) is 5. The monoisotopic (exact) mass is 462 g/mol. The summed E-state index contributed by atoms with van der Waals surface area (Å²) in [5.74, 6) is 0.118. The molecule has 1 unspecified atom stereocenters. The van der Waals surface area contributed by atoms with Crippen molar-refractivity contribution in [3.63, 3.8) is 0 Å². The van der Waals surface area contributed by atoms with Crippen LogP contribution in [-0.2, 0) is 4.79 Å². The van der Waals surface area contributed by atoms with Crippen LogP contribution in [-0.4, -0.2) is 34.1 Å². The molecule has 9 nitrogen and oxygen atoms in total. The molecule has 0 bridgehead atoms. The molecule has 3 aromatic rings. The Hall–Kier alpha value is -4.03. The highest BCUT2D eigenvalue weighted by Crippen LogP contribution is 2.26.